The second-order valence-corrected chi connectivity index (χ2v) is 6.72. The molecule has 1 unspecified atom stereocenters. The van der Waals surface area contributed by atoms with Crippen LogP contribution in [0.5, 0.6) is 0 Å². The molecule has 0 saturated heterocycles. The van der Waals surface area contributed by atoms with Crippen LogP contribution in [-0.2, 0) is 0 Å². The SMILES string of the molecule is CCCCCCCCC(N(CC)CC)C(CC)(CC)CC. The quantitative estimate of drug-likeness (QED) is 0.324. The van der Waals surface area contributed by atoms with Crippen molar-refractivity contribution in [2.24, 2.45) is 5.41 Å². The predicted molar refractivity (Wildman–Crippen MR) is 98.0 cm³/mol. The van der Waals surface area contributed by atoms with E-state index in [0.29, 0.717) is 5.41 Å². The van der Waals surface area contributed by atoms with Crippen molar-refractivity contribution < 1.29 is 0 Å². The maximum Gasteiger partial charge on any atom is 0.0151 e. The molecule has 0 rings (SSSR count). The van der Waals surface area contributed by atoms with E-state index < -0.39 is 0 Å². The zero-order valence-electron chi connectivity index (χ0n) is 16.0. The molecule has 0 fully saturated rings. The average Bonchev–Trinajstić information content (AvgIpc) is 2.53. The fourth-order valence-corrected chi connectivity index (χ4v) is 4.12. The first kappa shape index (κ1) is 21.0. The van der Waals surface area contributed by atoms with Crippen molar-refractivity contribution in [1.29, 1.82) is 0 Å². The van der Waals surface area contributed by atoms with Gasteiger partial charge in [0.15, 0.2) is 0 Å². The molecule has 0 aliphatic heterocycles. The number of rotatable bonds is 14. The van der Waals surface area contributed by atoms with Crippen molar-refractivity contribution in [2.75, 3.05) is 13.1 Å². The molecule has 0 bridgehead atoms. The van der Waals surface area contributed by atoms with Crippen LogP contribution in [0.15, 0.2) is 0 Å². The van der Waals surface area contributed by atoms with Crippen LogP contribution in [0, 0.1) is 5.41 Å². The van der Waals surface area contributed by atoms with Gasteiger partial charge in [0.2, 0.25) is 0 Å². The Hall–Kier alpha value is -0.0400. The maximum absolute atomic E-state index is 2.74. The van der Waals surface area contributed by atoms with Crippen molar-refractivity contribution in [3.05, 3.63) is 0 Å². The third-order valence-corrected chi connectivity index (χ3v) is 5.90. The number of hydrogen-bond donors (Lipinski definition) is 0. The van der Waals surface area contributed by atoms with Crippen molar-refractivity contribution >= 4 is 0 Å². The highest BCUT2D eigenvalue weighted by molar-refractivity contribution is 4.89. The minimum absolute atomic E-state index is 0.537. The van der Waals surface area contributed by atoms with E-state index >= 15 is 0 Å². The Balaban J connectivity index is 4.59. The predicted octanol–water partition coefficient (Wildman–Crippen LogP) is 6.66. The van der Waals surface area contributed by atoms with Crippen molar-refractivity contribution in [2.45, 2.75) is 112 Å². The van der Waals surface area contributed by atoms with Gasteiger partial charge in [-0.05, 0) is 44.2 Å². The standard InChI is InChI=1S/C20H43N/c1-7-13-14-15-16-17-18-19(21(11-5)12-6)20(8-2,9-3)10-4/h19H,7-18H2,1-6H3. The molecule has 0 N–H and O–H groups in total. The lowest BCUT2D eigenvalue weighted by atomic mass is 9.71. The molecule has 0 aromatic rings. The van der Waals surface area contributed by atoms with Gasteiger partial charge in [-0.25, -0.2) is 0 Å². The second kappa shape index (κ2) is 12.5. The summed E-state index contributed by atoms with van der Waals surface area (Å²) in [7, 11) is 0. The lowest BCUT2D eigenvalue weighted by Crippen LogP contribution is -2.47. The molecule has 128 valence electrons. The van der Waals surface area contributed by atoms with Crippen LogP contribution in [0.4, 0.5) is 0 Å². The van der Waals surface area contributed by atoms with E-state index in [9.17, 15) is 0 Å². The van der Waals surface area contributed by atoms with E-state index in [1.807, 2.05) is 0 Å². The lowest BCUT2D eigenvalue weighted by Gasteiger charge is -2.45. The van der Waals surface area contributed by atoms with Crippen molar-refractivity contribution in [1.82, 2.24) is 4.90 Å². The second-order valence-electron chi connectivity index (χ2n) is 6.72. The van der Waals surface area contributed by atoms with Gasteiger partial charge < -0.3 is 4.90 Å². The largest absolute Gasteiger partial charge is 0.300 e. The normalized spacial score (nSPS) is 13.9. The molecule has 0 aliphatic carbocycles. The minimum Gasteiger partial charge on any atom is -0.300 e. The van der Waals surface area contributed by atoms with Crippen LogP contribution < -0.4 is 0 Å². The number of nitrogens with zero attached hydrogens (tertiary/aromatic N) is 1. The summed E-state index contributed by atoms with van der Waals surface area (Å²) in [5.41, 5.74) is 0.537. The molecule has 0 aromatic heterocycles. The molecular weight excluding hydrogens is 254 g/mol. The average molecular weight is 298 g/mol. The Bertz CT molecular complexity index is 208. The first-order chi connectivity index (χ1) is 10.2. The Kier molecular flexibility index (Phi) is 12.5. The Labute approximate surface area is 135 Å². The molecule has 0 spiro atoms. The first-order valence-electron chi connectivity index (χ1n) is 9.89. The first-order valence-corrected chi connectivity index (χ1v) is 9.89. The molecule has 0 aromatic carbocycles. The van der Waals surface area contributed by atoms with Crippen LogP contribution in [0.2, 0.25) is 0 Å². The molecule has 0 aliphatic rings. The summed E-state index contributed by atoms with van der Waals surface area (Å²) >= 11 is 0. The molecule has 1 heteroatoms. The summed E-state index contributed by atoms with van der Waals surface area (Å²) < 4.78 is 0. The van der Waals surface area contributed by atoms with Crippen LogP contribution in [-0.4, -0.2) is 24.0 Å². The van der Waals surface area contributed by atoms with Gasteiger partial charge in [-0.15, -0.1) is 0 Å². The third kappa shape index (κ3) is 6.72. The van der Waals surface area contributed by atoms with E-state index in [1.54, 1.807) is 0 Å². The van der Waals surface area contributed by atoms with Crippen LogP contribution in [0.25, 0.3) is 0 Å². The topological polar surface area (TPSA) is 3.24 Å². The van der Waals surface area contributed by atoms with Crippen LogP contribution in [0.1, 0.15) is 106 Å². The van der Waals surface area contributed by atoms with Gasteiger partial charge in [0.1, 0.15) is 0 Å². The van der Waals surface area contributed by atoms with Gasteiger partial charge in [0.25, 0.3) is 0 Å². The van der Waals surface area contributed by atoms with Crippen molar-refractivity contribution in [3.8, 4) is 0 Å². The molecule has 0 saturated carbocycles. The third-order valence-electron chi connectivity index (χ3n) is 5.90. The summed E-state index contributed by atoms with van der Waals surface area (Å²) in [6.07, 6.45) is 13.9. The molecule has 21 heavy (non-hydrogen) atoms. The number of unbranched alkanes of at least 4 members (excludes halogenated alkanes) is 5. The van der Waals surface area contributed by atoms with Gasteiger partial charge >= 0.3 is 0 Å². The number of hydrogen-bond acceptors (Lipinski definition) is 1. The molecular formula is C20H43N. The summed E-state index contributed by atoms with van der Waals surface area (Å²) in [4.78, 5) is 2.74. The highest BCUT2D eigenvalue weighted by atomic mass is 15.2. The molecule has 1 nitrogen and oxygen atoms in total. The molecule has 0 amide bonds. The Morgan fingerprint density at radius 2 is 1.14 bits per heavy atom. The van der Waals surface area contributed by atoms with Gasteiger partial charge in [0, 0.05) is 6.04 Å². The highest BCUT2D eigenvalue weighted by Gasteiger charge is 2.36. The monoisotopic (exact) mass is 297 g/mol. The van der Waals surface area contributed by atoms with E-state index in [2.05, 4.69) is 46.4 Å². The van der Waals surface area contributed by atoms with E-state index in [0.717, 1.165) is 6.04 Å². The van der Waals surface area contributed by atoms with Crippen LogP contribution >= 0.6 is 0 Å². The highest BCUT2D eigenvalue weighted by Crippen LogP contribution is 2.39. The van der Waals surface area contributed by atoms with Gasteiger partial charge in [0.05, 0.1) is 0 Å². The lowest BCUT2D eigenvalue weighted by molar-refractivity contribution is 0.0482. The summed E-state index contributed by atoms with van der Waals surface area (Å²) in [5.74, 6) is 0. The van der Waals surface area contributed by atoms with Gasteiger partial charge in [-0.2, -0.15) is 0 Å². The summed E-state index contributed by atoms with van der Waals surface area (Å²) in [6.45, 7) is 16.6. The summed E-state index contributed by atoms with van der Waals surface area (Å²) in [6, 6.07) is 0.790. The zero-order valence-corrected chi connectivity index (χ0v) is 16.0. The molecule has 0 radical (unpaired) electrons. The smallest absolute Gasteiger partial charge is 0.0151 e. The summed E-state index contributed by atoms with van der Waals surface area (Å²) in [5, 5.41) is 0. The molecule has 0 heterocycles. The fourth-order valence-electron chi connectivity index (χ4n) is 4.12. The Morgan fingerprint density at radius 1 is 0.667 bits per heavy atom. The van der Waals surface area contributed by atoms with Gasteiger partial charge in [-0.3, -0.25) is 0 Å². The minimum atomic E-state index is 0.537. The van der Waals surface area contributed by atoms with E-state index in [1.165, 1.54) is 77.3 Å². The van der Waals surface area contributed by atoms with E-state index in [4.69, 9.17) is 0 Å². The fraction of sp³-hybridized carbons (Fsp3) is 1.00. The van der Waals surface area contributed by atoms with Crippen LogP contribution in [0.3, 0.4) is 0 Å². The van der Waals surface area contributed by atoms with Crippen molar-refractivity contribution in [3.63, 3.8) is 0 Å². The zero-order chi connectivity index (χ0) is 16.1. The van der Waals surface area contributed by atoms with E-state index in [-0.39, 0.29) is 0 Å². The molecule has 1 atom stereocenters. The van der Waals surface area contributed by atoms with Gasteiger partial charge in [-0.1, -0.05) is 80.1 Å². The Morgan fingerprint density at radius 3 is 1.57 bits per heavy atom. The maximum atomic E-state index is 2.74.